The van der Waals surface area contributed by atoms with Crippen LogP contribution in [0.3, 0.4) is 0 Å². The van der Waals surface area contributed by atoms with Gasteiger partial charge in [-0.25, -0.2) is 0 Å². The predicted octanol–water partition coefficient (Wildman–Crippen LogP) is 9.14. The molecule has 1 unspecified atom stereocenters. The Kier molecular flexibility index (Phi) is 30.4. The molecule has 1 aliphatic carbocycles. The van der Waals surface area contributed by atoms with E-state index in [9.17, 15) is 44.1 Å². The van der Waals surface area contributed by atoms with Gasteiger partial charge in [-0.05, 0) is 92.2 Å². The first-order valence-electron chi connectivity index (χ1n) is 29.5. The fourth-order valence-electron chi connectivity index (χ4n) is 10.7. The highest BCUT2D eigenvalue weighted by atomic mass is 35.5. The van der Waals surface area contributed by atoms with Crippen LogP contribution in [0.5, 0.6) is 0 Å². The number of nitrogens with one attached hydrogen (secondary N) is 2. The van der Waals surface area contributed by atoms with Crippen molar-refractivity contribution in [2.45, 2.75) is 155 Å². The van der Waals surface area contributed by atoms with Crippen molar-refractivity contribution in [1.29, 1.82) is 15.8 Å². The van der Waals surface area contributed by atoms with Crippen LogP contribution in [0, 0.1) is 64.1 Å². The minimum absolute atomic E-state index is 0.00663. The van der Waals surface area contributed by atoms with Gasteiger partial charge < -0.3 is 36.0 Å². The number of aryl methyl sites for hydroxylation is 1. The number of carboxylic acid groups (broad SMARTS) is 1. The number of benzene rings is 4. The third-order valence-corrected chi connectivity index (χ3v) is 15.7. The van der Waals surface area contributed by atoms with Crippen LogP contribution in [0.1, 0.15) is 137 Å². The summed E-state index contributed by atoms with van der Waals surface area (Å²) in [7, 11) is 0. The van der Waals surface area contributed by atoms with E-state index in [2.05, 4.69) is 22.8 Å². The Hall–Kier alpha value is -8.37. The van der Waals surface area contributed by atoms with E-state index in [-0.39, 0.29) is 84.6 Å². The molecule has 3 aliphatic rings. The summed E-state index contributed by atoms with van der Waals surface area (Å²) in [6, 6.07) is 36.7. The number of carbonyl (C=O) groups is 7. The fraction of sp³-hybridized carbons (Fsp3) is 0.478. The molecule has 19 nitrogen and oxygen atoms in total. The first-order valence-corrected chi connectivity index (χ1v) is 29.9. The van der Waals surface area contributed by atoms with Crippen LogP contribution in [0.15, 0.2) is 103 Å². The Bertz CT molecular complexity index is 3090. The summed E-state index contributed by atoms with van der Waals surface area (Å²) < 4.78 is 5.64. The van der Waals surface area contributed by atoms with Crippen LogP contribution < -0.4 is 16.4 Å². The highest BCUT2D eigenvalue weighted by molar-refractivity contribution is 6.33. The highest BCUT2D eigenvalue weighted by Crippen LogP contribution is 2.35. The maximum absolute atomic E-state index is 13.5. The molecule has 3 amide bonds. The molecule has 462 valence electrons. The van der Waals surface area contributed by atoms with Crippen molar-refractivity contribution in [3.05, 3.63) is 136 Å². The summed E-state index contributed by atoms with van der Waals surface area (Å²) in [5.74, 6) is -4.42. The summed E-state index contributed by atoms with van der Waals surface area (Å²) >= 11 is 6.04. The Balaban J connectivity index is 0.000000286. The number of hydrogen-bond donors (Lipinski definition) is 4. The Morgan fingerprint density at radius 3 is 1.98 bits per heavy atom. The summed E-state index contributed by atoms with van der Waals surface area (Å²) in [5, 5.41) is 43.0. The molecule has 0 bridgehead atoms. The SMILES string of the molecule is CC(C)(C)[C@H](CC(=O)c1ccc(N)c(Cl)c1)C(=O)N1CCC[C@H]1C(=O)C[C@H](C#N)CC(=O)O.Cc1cccc(C[C@H](CC(=O)Cc2ccccc2)C(=O)NC(C#N)COCc2ccccc2)c1.N#C[C@@H]1CCCN1C(=O)CNC1CCCCC1.O=C=O. The number of carbonyl (C=O) groups excluding carboxylic acids is 8. The van der Waals surface area contributed by atoms with Gasteiger partial charge >= 0.3 is 12.1 Å². The number of amides is 3. The van der Waals surface area contributed by atoms with E-state index in [4.69, 9.17) is 42.0 Å². The maximum atomic E-state index is 13.5. The molecule has 87 heavy (non-hydrogen) atoms. The zero-order valence-corrected chi connectivity index (χ0v) is 51.0. The number of nitriles is 3. The van der Waals surface area contributed by atoms with E-state index in [0.29, 0.717) is 56.3 Å². The van der Waals surface area contributed by atoms with Gasteiger partial charge in [0.2, 0.25) is 17.7 Å². The molecule has 6 atom stereocenters. The zero-order valence-electron chi connectivity index (χ0n) is 50.2. The van der Waals surface area contributed by atoms with Crippen LogP contribution in [-0.2, 0) is 62.5 Å². The number of ketones is 3. The Morgan fingerprint density at radius 2 is 1.38 bits per heavy atom. The topological polar surface area (TPSA) is 311 Å². The number of likely N-dealkylation sites (tertiary alicyclic amines) is 2. The summed E-state index contributed by atoms with van der Waals surface area (Å²) in [5.41, 5.74) is 9.87. The molecule has 4 aromatic carbocycles. The molecule has 0 spiro atoms. The molecule has 2 saturated heterocycles. The predicted molar refractivity (Wildman–Crippen MR) is 325 cm³/mol. The number of nitrogens with two attached hydrogens (primary N) is 1. The number of hydrogen-bond acceptors (Lipinski definition) is 15. The minimum atomic E-state index is -1.15. The number of nitrogen functional groups attached to an aromatic ring is 1. The van der Waals surface area contributed by atoms with E-state index in [0.717, 1.165) is 41.6 Å². The highest BCUT2D eigenvalue weighted by Gasteiger charge is 2.42. The lowest BCUT2D eigenvalue weighted by Crippen LogP contribution is -2.47. The van der Waals surface area contributed by atoms with Crippen molar-refractivity contribution in [3.8, 4) is 18.2 Å². The van der Waals surface area contributed by atoms with Gasteiger partial charge in [0, 0.05) is 56.3 Å². The van der Waals surface area contributed by atoms with E-state index in [1.807, 2.05) is 119 Å². The Labute approximate surface area is 515 Å². The average molecular weight is 1210 g/mol. The second kappa shape index (κ2) is 37.2. The smallest absolute Gasteiger partial charge is 0.373 e. The standard InChI is InChI=1S/C29H30N2O3.C24H30ClN3O5.C13H21N3O.CO2/c1-22-9-8-14-25(15-22)16-26(18-28(32)17-23-10-4-2-5-11-23)29(33)31-27(19-30)21-34-20-24-12-6-3-7-13-24;1-24(2,3)16(12-20(29)15-6-7-18(27)17(25)11-15)23(33)28-8-4-5-19(28)21(30)9-14(13-26)10-22(31)32;14-9-12-7-4-8-16(12)13(17)10-15-11-5-2-1-3-6-11;2-1-3/h2-15,26-27H,16-18,20-21H2,1H3,(H,31,33);6-7,11,14,16,19H,4-5,8-10,12,27H2,1-3H3,(H,31,32);11-12,15H,1-8,10H2;/t26-,27?;14-,16+,19-;12-;/m100./s1. The molecule has 1 saturated carbocycles. The largest absolute Gasteiger partial charge is 0.481 e. The van der Waals surface area contributed by atoms with Crippen molar-refractivity contribution >= 4 is 64.5 Å². The summed E-state index contributed by atoms with van der Waals surface area (Å²) in [4.78, 5) is 108. The first-order chi connectivity index (χ1) is 41.6. The molecule has 0 aromatic heterocycles. The van der Waals surface area contributed by atoms with Gasteiger partial charge in [-0.1, -0.05) is 142 Å². The third-order valence-electron chi connectivity index (χ3n) is 15.4. The summed E-state index contributed by atoms with van der Waals surface area (Å²) in [6.45, 7) is 9.56. The molecule has 5 N–H and O–H groups in total. The van der Waals surface area contributed by atoms with Gasteiger partial charge in [-0.2, -0.15) is 25.4 Å². The van der Waals surface area contributed by atoms with Crippen LogP contribution in [0.2, 0.25) is 5.02 Å². The third kappa shape index (κ3) is 24.9. The normalized spacial score (nSPS) is 16.7. The van der Waals surface area contributed by atoms with Crippen molar-refractivity contribution in [1.82, 2.24) is 20.4 Å². The number of Topliss-reactive ketones (excluding diaryl/α,β-unsaturated/α-hetero) is 3. The lowest BCUT2D eigenvalue weighted by molar-refractivity contribution is -0.191. The second-order valence-electron chi connectivity index (χ2n) is 23.2. The molecule has 2 heterocycles. The zero-order chi connectivity index (χ0) is 63.9. The van der Waals surface area contributed by atoms with Gasteiger partial charge in [0.25, 0.3) is 0 Å². The van der Waals surface area contributed by atoms with Crippen molar-refractivity contribution in [2.75, 3.05) is 32.0 Å². The fourth-order valence-corrected chi connectivity index (χ4v) is 10.9. The van der Waals surface area contributed by atoms with E-state index in [1.165, 1.54) is 43.1 Å². The monoisotopic (exact) mass is 1210 g/mol. The number of ether oxygens (including phenoxy) is 1. The number of halogens is 1. The van der Waals surface area contributed by atoms with Gasteiger partial charge in [0.05, 0.1) is 73.0 Å². The van der Waals surface area contributed by atoms with Crippen LogP contribution in [0.25, 0.3) is 0 Å². The lowest BCUT2D eigenvalue weighted by atomic mass is 9.76. The maximum Gasteiger partial charge on any atom is 0.373 e. The van der Waals surface area contributed by atoms with E-state index < -0.39 is 47.6 Å². The van der Waals surface area contributed by atoms with Crippen molar-refractivity contribution < 1.29 is 53.0 Å². The van der Waals surface area contributed by atoms with Crippen LogP contribution >= 0.6 is 11.6 Å². The first kappa shape index (κ1) is 71.1. The van der Waals surface area contributed by atoms with Crippen LogP contribution in [0.4, 0.5) is 5.69 Å². The van der Waals surface area contributed by atoms with Crippen molar-refractivity contribution in [2.24, 2.45) is 23.2 Å². The number of anilines is 1. The molecule has 20 heteroatoms. The van der Waals surface area contributed by atoms with Crippen LogP contribution in [-0.4, -0.2) is 113 Å². The summed E-state index contributed by atoms with van der Waals surface area (Å²) in [6.07, 6.45) is 9.50. The molecule has 2 aliphatic heterocycles. The van der Waals surface area contributed by atoms with Gasteiger partial charge in [-0.3, -0.25) is 33.6 Å². The molecule has 3 fully saturated rings. The number of aliphatic carboxylic acids is 1. The molecular weight excluding hydrogens is 1130 g/mol. The number of rotatable bonds is 24. The molecule has 0 radical (unpaired) electrons. The van der Waals surface area contributed by atoms with E-state index in [1.54, 1.807) is 17.0 Å². The number of nitrogens with zero attached hydrogens (tertiary/aromatic N) is 5. The lowest BCUT2D eigenvalue weighted by Gasteiger charge is -2.35. The number of carboxylic acids is 1. The van der Waals surface area contributed by atoms with Gasteiger partial charge in [-0.15, -0.1) is 0 Å². The van der Waals surface area contributed by atoms with Gasteiger partial charge in [0.1, 0.15) is 17.9 Å². The quantitative estimate of drug-likeness (QED) is 0.0375. The average Bonchev–Trinajstić information content (AvgIpc) is 2.27. The van der Waals surface area contributed by atoms with E-state index >= 15 is 0 Å². The van der Waals surface area contributed by atoms with Gasteiger partial charge in [0.15, 0.2) is 11.6 Å². The minimum Gasteiger partial charge on any atom is -0.481 e. The van der Waals surface area contributed by atoms with Crippen molar-refractivity contribution in [3.63, 3.8) is 0 Å². The molecular formula is C67H81ClN8O11. The molecule has 7 rings (SSSR count). The second-order valence-corrected chi connectivity index (χ2v) is 23.6. The Morgan fingerprint density at radius 1 is 0.747 bits per heavy atom. The molecule has 4 aromatic rings.